The largest absolute Gasteiger partial charge is 0.492 e. The van der Waals surface area contributed by atoms with Crippen molar-refractivity contribution in [3.63, 3.8) is 0 Å². The molecule has 0 aliphatic carbocycles. The molecule has 1 amide bonds. The summed E-state index contributed by atoms with van der Waals surface area (Å²) in [6.45, 7) is 9.46. The first-order valence-corrected chi connectivity index (χ1v) is 12.4. The number of sulfonamides is 1. The summed E-state index contributed by atoms with van der Waals surface area (Å²) in [5.74, 6) is 0.646. The zero-order valence-electron chi connectivity index (χ0n) is 19.1. The molecule has 6 nitrogen and oxygen atoms in total. The van der Waals surface area contributed by atoms with Crippen LogP contribution in [-0.4, -0.2) is 40.3 Å². The molecule has 2 aromatic carbocycles. The monoisotopic (exact) mass is 446 g/mol. The lowest BCUT2D eigenvalue weighted by molar-refractivity contribution is -0.121. The first-order chi connectivity index (χ1) is 14.5. The standard InChI is InChI=1S/C24H34N2O4S/c1-19-8-12-21(13-9-19)26(31(5,28)29)17-6-7-23(27)25-16-18-30-22-14-10-20(11-15-22)24(2,3)4/h8-15H,6-7,16-18H2,1-5H3,(H,25,27). The van der Waals surface area contributed by atoms with Crippen LogP contribution in [-0.2, 0) is 20.2 Å². The normalized spacial score (nSPS) is 11.8. The van der Waals surface area contributed by atoms with E-state index in [0.717, 1.165) is 11.3 Å². The van der Waals surface area contributed by atoms with Crippen molar-refractivity contribution in [2.24, 2.45) is 0 Å². The fraction of sp³-hybridized carbons (Fsp3) is 0.458. The van der Waals surface area contributed by atoms with Gasteiger partial charge in [0.05, 0.1) is 18.5 Å². The molecular weight excluding hydrogens is 412 g/mol. The quantitative estimate of drug-likeness (QED) is 0.559. The van der Waals surface area contributed by atoms with Gasteiger partial charge in [0.1, 0.15) is 12.4 Å². The van der Waals surface area contributed by atoms with Crippen LogP contribution in [0.2, 0.25) is 0 Å². The van der Waals surface area contributed by atoms with E-state index >= 15 is 0 Å². The third kappa shape index (κ3) is 8.25. The Kier molecular flexibility index (Phi) is 8.51. The van der Waals surface area contributed by atoms with Crippen LogP contribution in [0.25, 0.3) is 0 Å². The van der Waals surface area contributed by atoms with E-state index in [1.807, 2.05) is 31.2 Å². The summed E-state index contributed by atoms with van der Waals surface area (Å²) in [6.07, 6.45) is 1.86. The highest BCUT2D eigenvalue weighted by atomic mass is 32.2. The molecule has 0 bridgehead atoms. The van der Waals surface area contributed by atoms with E-state index in [2.05, 4.69) is 38.2 Å². The number of carbonyl (C=O) groups excluding carboxylic acids is 1. The maximum atomic E-state index is 12.1. The average Bonchev–Trinajstić information content (AvgIpc) is 2.68. The Labute approximate surface area is 186 Å². The SMILES string of the molecule is Cc1ccc(N(CCCC(=O)NCCOc2ccc(C(C)(C)C)cc2)S(C)(=O)=O)cc1. The average molecular weight is 447 g/mol. The summed E-state index contributed by atoms with van der Waals surface area (Å²) in [5, 5.41) is 2.82. The Balaban J connectivity index is 1.73. The topological polar surface area (TPSA) is 75.7 Å². The van der Waals surface area contributed by atoms with Crippen LogP contribution in [0, 0.1) is 6.92 Å². The van der Waals surface area contributed by atoms with Crippen LogP contribution >= 0.6 is 0 Å². The fourth-order valence-corrected chi connectivity index (χ4v) is 4.04. The van der Waals surface area contributed by atoms with Gasteiger partial charge >= 0.3 is 0 Å². The number of anilines is 1. The van der Waals surface area contributed by atoms with Crippen molar-refractivity contribution < 1.29 is 17.9 Å². The zero-order valence-corrected chi connectivity index (χ0v) is 20.0. The third-order valence-corrected chi connectivity index (χ3v) is 6.09. The lowest BCUT2D eigenvalue weighted by Gasteiger charge is -2.22. The van der Waals surface area contributed by atoms with E-state index in [4.69, 9.17) is 4.74 Å². The van der Waals surface area contributed by atoms with Crippen molar-refractivity contribution in [3.8, 4) is 5.75 Å². The molecule has 0 unspecified atom stereocenters. The van der Waals surface area contributed by atoms with Gasteiger partial charge in [0, 0.05) is 13.0 Å². The predicted molar refractivity (Wildman–Crippen MR) is 126 cm³/mol. The molecule has 7 heteroatoms. The first-order valence-electron chi connectivity index (χ1n) is 10.5. The molecule has 0 fully saturated rings. The predicted octanol–water partition coefficient (Wildman–Crippen LogP) is 4.03. The van der Waals surface area contributed by atoms with Crippen molar-refractivity contribution in [2.45, 2.75) is 46.0 Å². The highest BCUT2D eigenvalue weighted by Gasteiger charge is 2.17. The van der Waals surface area contributed by atoms with E-state index in [9.17, 15) is 13.2 Å². The summed E-state index contributed by atoms with van der Waals surface area (Å²) in [4.78, 5) is 12.1. The molecule has 0 aliphatic heterocycles. The van der Waals surface area contributed by atoms with Crippen molar-refractivity contribution in [2.75, 3.05) is 30.3 Å². The number of rotatable bonds is 10. The van der Waals surface area contributed by atoms with E-state index < -0.39 is 10.0 Å². The summed E-state index contributed by atoms with van der Waals surface area (Å²) >= 11 is 0. The van der Waals surface area contributed by atoms with Crippen LogP contribution in [0.15, 0.2) is 48.5 Å². The van der Waals surface area contributed by atoms with Crippen molar-refractivity contribution >= 4 is 21.6 Å². The second kappa shape index (κ2) is 10.7. The van der Waals surface area contributed by atoms with Crippen LogP contribution in [0.3, 0.4) is 0 Å². The highest BCUT2D eigenvalue weighted by Crippen LogP contribution is 2.24. The van der Waals surface area contributed by atoms with Gasteiger partial charge in [-0.2, -0.15) is 0 Å². The zero-order chi connectivity index (χ0) is 23.1. The van der Waals surface area contributed by atoms with Gasteiger partial charge in [-0.1, -0.05) is 50.6 Å². The number of amides is 1. The van der Waals surface area contributed by atoms with Crippen LogP contribution in [0.5, 0.6) is 5.75 Å². The van der Waals surface area contributed by atoms with Crippen molar-refractivity contribution in [3.05, 3.63) is 59.7 Å². The molecule has 2 aromatic rings. The lowest BCUT2D eigenvalue weighted by atomic mass is 9.87. The second-order valence-electron chi connectivity index (χ2n) is 8.75. The maximum Gasteiger partial charge on any atom is 0.232 e. The third-order valence-electron chi connectivity index (χ3n) is 4.90. The summed E-state index contributed by atoms with van der Waals surface area (Å²) in [7, 11) is -3.41. The number of nitrogens with one attached hydrogen (secondary N) is 1. The Morgan fingerprint density at radius 3 is 2.19 bits per heavy atom. The van der Waals surface area contributed by atoms with E-state index in [1.54, 1.807) is 12.1 Å². The number of ether oxygens (including phenoxy) is 1. The highest BCUT2D eigenvalue weighted by molar-refractivity contribution is 7.92. The number of carbonyl (C=O) groups is 1. The molecule has 0 saturated carbocycles. The van der Waals surface area contributed by atoms with Gasteiger partial charge in [-0.3, -0.25) is 9.10 Å². The Morgan fingerprint density at radius 1 is 1.03 bits per heavy atom. The van der Waals surface area contributed by atoms with Gasteiger partial charge in [0.15, 0.2) is 0 Å². The van der Waals surface area contributed by atoms with Gasteiger partial charge in [-0.25, -0.2) is 8.42 Å². The minimum absolute atomic E-state index is 0.0959. The van der Waals surface area contributed by atoms with Gasteiger partial charge < -0.3 is 10.1 Å². The smallest absolute Gasteiger partial charge is 0.232 e. The maximum absolute atomic E-state index is 12.1. The van der Waals surface area contributed by atoms with Crippen LogP contribution in [0.1, 0.15) is 44.7 Å². The van der Waals surface area contributed by atoms with Gasteiger partial charge in [-0.15, -0.1) is 0 Å². The van der Waals surface area contributed by atoms with Gasteiger partial charge in [0.2, 0.25) is 15.9 Å². The van der Waals surface area contributed by atoms with Crippen molar-refractivity contribution in [1.82, 2.24) is 5.32 Å². The molecule has 0 aromatic heterocycles. The van der Waals surface area contributed by atoms with Crippen LogP contribution in [0.4, 0.5) is 5.69 Å². The molecule has 0 spiro atoms. The minimum atomic E-state index is -3.41. The molecule has 31 heavy (non-hydrogen) atoms. The number of benzene rings is 2. The summed E-state index contributed by atoms with van der Waals surface area (Å²) in [5.41, 5.74) is 3.00. The molecule has 0 atom stereocenters. The summed E-state index contributed by atoms with van der Waals surface area (Å²) < 4.78 is 31.3. The number of nitrogens with zero attached hydrogens (tertiary/aromatic N) is 1. The fourth-order valence-electron chi connectivity index (χ4n) is 3.08. The molecule has 0 saturated heterocycles. The molecule has 0 heterocycles. The van der Waals surface area contributed by atoms with E-state index in [0.29, 0.717) is 25.3 Å². The minimum Gasteiger partial charge on any atom is -0.492 e. The number of aryl methyl sites for hydroxylation is 1. The lowest BCUT2D eigenvalue weighted by Crippen LogP contribution is -2.32. The van der Waals surface area contributed by atoms with Gasteiger partial charge in [0.25, 0.3) is 0 Å². The molecule has 0 aliphatic rings. The number of hydrogen-bond acceptors (Lipinski definition) is 4. The molecular formula is C24H34N2O4S. The first kappa shape index (κ1) is 24.7. The molecule has 0 radical (unpaired) electrons. The Morgan fingerprint density at radius 2 is 1.65 bits per heavy atom. The molecule has 170 valence electrons. The second-order valence-corrected chi connectivity index (χ2v) is 10.7. The van der Waals surface area contributed by atoms with Crippen molar-refractivity contribution in [1.29, 1.82) is 0 Å². The van der Waals surface area contributed by atoms with Crippen LogP contribution < -0.4 is 14.4 Å². The van der Waals surface area contributed by atoms with E-state index in [1.165, 1.54) is 16.1 Å². The molecule has 1 N–H and O–H groups in total. The molecule has 2 rings (SSSR count). The summed E-state index contributed by atoms with van der Waals surface area (Å²) in [6, 6.07) is 15.3. The van der Waals surface area contributed by atoms with Gasteiger partial charge in [-0.05, 0) is 48.6 Å². The Hall–Kier alpha value is -2.54. The number of hydrogen-bond donors (Lipinski definition) is 1. The van der Waals surface area contributed by atoms with E-state index in [-0.39, 0.29) is 24.3 Å². The Bertz CT molecular complexity index is 947.